The summed E-state index contributed by atoms with van der Waals surface area (Å²) in [5.74, 6) is 0.712. The summed E-state index contributed by atoms with van der Waals surface area (Å²) in [6.07, 6.45) is 3.76. The van der Waals surface area contributed by atoms with E-state index in [9.17, 15) is 0 Å². The number of nitrogens with one attached hydrogen (secondary N) is 3. The maximum Gasteiger partial charge on any atom is 0.161 e. The Hall–Kier alpha value is -4.60. The number of rotatable bonds is 7. The van der Waals surface area contributed by atoms with Crippen molar-refractivity contribution in [3.8, 4) is 22.8 Å². The predicted molar refractivity (Wildman–Crippen MR) is 159 cm³/mol. The Labute approximate surface area is 232 Å². The van der Waals surface area contributed by atoms with Crippen LogP contribution in [0.15, 0.2) is 79.1 Å². The van der Waals surface area contributed by atoms with Crippen molar-refractivity contribution >= 4 is 27.8 Å². The molecule has 200 valence electrons. The van der Waals surface area contributed by atoms with Gasteiger partial charge < -0.3 is 20.1 Å². The molecule has 40 heavy (non-hydrogen) atoms. The second-order valence-electron chi connectivity index (χ2n) is 10.4. The second-order valence-corrected chi connectivity index (χ2v) is 10.4. The molecule has 1 saturated heterocycles. The molecular formula is C31H31N9. The molecule has 9 heteroatoms. The monoisotopic (exact) mass is 529 g/mol. The van der Waals surface area contributed by atoms with Gasteiger partial charge in [0, 0.05) is 57.2 Å². The van der Waals surface area contributed by atoms with Crippen LogP contribution in [-0.4, -0.2) is 68.3 Å². The summed E-state index contributed by atoms with van der Waals surface area (Å²) in [7, 11) is 2.17. The topological polar surface area (TPSA) is 102 Å². The fourth-order valence-corrected chi connectivity index (χ4v) is 5.33. The highest BCUT2D eigenvalue weighted by atomic mass is 15.3. The zero-order valence-corrected chi connectivity index (χ0v) is 22.4. The Balaban J connectivity index is 1.17. The highest BCUT2D eigenvalue weighted by Gasteiger charge is 2.20. The third-order valence-corrected chi connectivity index (χ3v) is 7.56. The van der Waals surface area contributed by atoms with Gasteiger partial charge in [-0.15, -0.1) is 0 Å². The van der Waals surface area contributed by atoms with E-state index in [1.165, 1.54) is 5.56 Å². The van der Waals surface area contributed by atoms with E-state index < -0.39 is 0 Å². The molecule has 6 aromatic rings. The molecule has 7 rings (SSSR count). The molecule has 1 aliphatic heterocycles. The minimum absolute atomic E-state index is 0.712. The molecule has 0 spiro atoms. The molecule has 2 aromatic carbocycles. The molecule has 0 bridgehead atoms. The summed E-state index contributed by atoms with van der Waals surface area (Å²) >= 11 is 0. The van der Waals surface area contributed by atoms with E-state index in [1.54, 1.807) is 0 Å². The van der Waals surface area contributed by atoms with Crippen molar-refractivity contribution < 1.29 is 0 Å². The number of aromatic nitrogens is 6. The van der Waals surface area contributed by atoms with Gasteiger partial charge in [0.05, 0.1) is 22.4 Å². The Kier molecular flexibility index (Phi) is 6.43. The van der Waals surface area contributed by atoms with Crippen LogP contribution in [0.2, 0.25) is 0 Å². The molecule has 4 aromatic heterocycles. The quantitative estimate of drug-likeness (QED) is 0.278. The van der Waals surface area contributed by atoms with Crippen LogP contribution < -0.4 is 10.2 Å². The largest absolute Gasteiger partial charge is 0.367 e. The molecule has 3 N–H and O–H groups in total. The minimum Gasteiger partial charge on any atom is -0.367 e. The average molecular weight is 530 g/mol. The number of H-pyrrole nitrogens is 2. The van der Waals surface area contributed by atoms with Crippen LogP contribution in [0.1, 0.15) is 11.1 Å². The lowest BCUT2D eigenvalue weighted by atomic mass is 10.1. The summed E-state index contributed by atoms with van der Waals surface area (Å²) in [6, 6.07) is 22.9. The number of piperazine rings is 1. The number of hydrogen-bond acceptors (Lipinski definition) is 7. The van der Waals surface area contributed by atoms with Gasteiger partial charge in [-0.3, -0.25) is 10.1 Å². The number of aromatic amines is 2. The fourth-order valence-electron chi connectivity index (χ4n) is 5.33. The van der Waals surface area contributed by atoms with Crippen molar-refractivity contribution in [2.24, 2.45) is 0 Å². The maximum atomic E-state index is 5.02. The third-order valence-electron chi connectivity index (χ3n) is 7.56. The van der Waals surface area contributed by atoms with E-state index in [-0.39, 0.29) is 0 Å². The van der Waals surface area contributed by atoms with Crippen molar-refractivity contribution in [1.82, 2.24) is 40.3 Å². The Bertz CT molecular complexity index is 1760. The van der Waals surface area contributed by atoms with Gasteiger partial charge in [-0.05, 0) is 48.5 Å². The number of hydrogen-bond donors (Lipinski definition) is 3. The molecule has 0 aliphatic carbocycles. The molecule has 0 radical (unpaired) electrons. The van der Waals surface area contributed by atoms with Crippen LogP contribution in [0.5, 0.6) is 0 Å². The van der Waals surface area contributed by atoms with Crippen molar-refractivity contribution in [3.05, 3.63) is 90.3 Å². The third kappa shape index (κ3) is 4.81. The van der Waals surface area contributed by atoms with Gasteiger partial charge in [-0.2, -0.15) is 5.10 Å². The van der Waals surface area contributed by atoms with Crippen molar-refractivity contribution in [2.75, 3.05) is 38.1 Å². The molecule has 1 aliphatic rings. The molecule has 5 heterocycles. The van der Waals surface area contributed by atoms with Crippen molar-refractivity contribution in [1.29, 1.82) is 0 Å². The number of anilines is 1. The van der Waals surface area contributed by atoms with Gasteiger partial charge in [0.1, 0.15) is 11.0 Å². The van der Waals surface area contributed by atoms with Crippen LogP contribution in [0.4, 0.5) is 5.69 Å². The first kappa shape index (κ1) is 24.4. The molecule has 1 fully saturated rings. The SMILES string of the molecule is CN1CCN(c2cccc3[nH]c(-c4n[nH]c5ccc(-c6cncc(CNCc7ccccc7)c6)nc45)nc23)CC1. The Morgan fingerprint density at radius 3 is 2.52 bits per heavy atom. The first-order valence-electron chi connectivity index (χ1n) is 13.7. The number of benzene rings is 2. The van der Waals surface area contributed by atoms with E-state index >= 15 is 0 Å². The van der Waals surface area contributed by atoms with E-state index in [0.717, 1.165) is 83.8 Å². The lowest BCUT2D eigenvalue weighted by Crippen LogP contribution is -2.44. The zero-order chi connectivity index (χ0) is 26.9. The van der Waals surface area contributed by atoms with Gasteiger partial charge in [-0.1, -0.05) is 36.4 Å². The second kappa shape index (κ2) is 10.5. The number of likely N-dealkylation sites (N-methyl/N-ethyl adjacent to an activating group) is 1. The van der Waals surface area contributed by atoms with Gasteiger partial charge >= 0.3 is 0 Å². The number of nitrogens with zero attached hydrogens (tertiary/aromatic N) is 6. The maximum absolute atomic E-state index is 5.02. The summed E-state index contributed by atoms with van der Waals surface area (Å²) in [5, 5.41) is 11.2. The molecular weight excluding hydrogens is 498 g/mol. The van der Waals surface area contributed by atoms with Gasteiger partial charge in [0.2, 0.25) is 0 Å². The first-order chi connectivity index (χ1) is 19.7. The molecule has 9 nitrogen and oxygen atoms in total. The van der Waals surface area contributed by atoms with Gasteiger partial charge in [-0.25, -0.2) is 9.97 Å². The number of pyridine rings is 2. The number of imidazole rings is 1. The van der Waals surface area contributed by atoms with Crippen LogP contribution >= 0.6 is 0 Å². The van der Waals surface area contributed by atoms with Crippen LogP contribution in [0.25, 0.3) is 44.8 Å². The van der Waals surface area contributed by atoms with Crippen LogP contribution in [-0.2, 0) is 13.1 Å². The van der Waals surface area contributed by atoms with Crippen LogP contribution in [0, 0.1) is 0 Å². The zero-order valence-electron chi connectivity index (χ0n) is 22.4. The molecule has 0 saturated carbocycles. The lowest BCUT2D eigenvalue weighted by Gasteiger charge is -2.34. The van der Waals surface area contributed by atoms with E-state index in [2.05, 4.69) is 90.9 Å². The van der Waals surface area contributed by atoms with Crippen molar-refractivity contribution in [2.45, 2.75) is 13.1 Å². The van der Waals surface area contributed by atoms with E-state index in [1.807, 2.05) is 30.6 Å². The number of para-hydroxylation sites is 1. The smallest absolute Gasteiger partial charge is 0.161 e. The van der Waals surface area contributed by atoms with E-state index in [4.69, 9.17) is 9.97 Å². The Morgan fingerprint density at radius 2 is 1.65 bits per heavy atom. The fraction of sp³-hybridized carbons (Fsp3) is 0.226. The highest BCUT2D eigenvalue weighted by Crippen LogP contribution is 2.31. The molecule has 0 unspecified atom stereocenters. The summed E-state index contributed by atoms with van der Waals surface area (Å²) in [6.45, 7) is 5.60. The highest BCUT2D eigenvalue weighted by molar-refractivity contribution is 5.95. The molecule has 0 atom stereocenters. The minimum atomic E-state index is 0.712. The summed E-state index contributed by atoms with van der Waals surface area (Å²) in [4.78, 5) is 22.8. The van der Waals surface area contributed by atoms with E-state index in [0.29, 0.717) is 11.5 Å². The van der Waals surface area contributed by atoms with Crippen LogP contribution in [0.3, 0.4) is 0 Å². The summed E-state index contributed by atoms with van der Waals surface area (Å²) in [5.41, 5.74) is 9.67. The molecule has 0 amide bonds. The van der Waals surface area contributed by atoms with Gasteiger partial charge in [0.15, 0.2) is 11.5 Å². The number of fused-ring (bicyclic) bond motifs is 2. The average Bonchev–Trinajstić information content (AvgIpc) is 3.62. The Morgan fingerprint density at radius 1 is 0.800 bits per heavy atom. The lowest BCUT2D eigenvalue weighted by molar-refractivity contribution is 0.313. The summed E-state index contributed by atoms with van der Waals surface area (Å²) < 4.78 is 0. The normalized spacial score (nSPS) is 14.4. The first-order valence-corrected chi connectivity index (χ1v) is 13.7. The predicted octanol–water partition coefficient (Wildman–Crippen LogP) is 4.60. The standard InChI is InChI=1S/C31H31N9/c1-39-12-14-40(15-13-39)27-9-5-8-25-28(27)36-31(35-25)30-29-26(37-38-30)11-10-24(34-29)23-16-22(19-33-20-23)18-32-17-21-6-3-2-4-7-21/h2-11,16,19-20,32H,12-15,17-18H2,1H3,(H,35,36)(H,37,38). The van der Waals surface area contributed by atoms with Gasteiger partial charge in [0.25, 0.3) is 0 Å². The van der Waals surface area contributed by atoms with Crippen molar-refractivity contribution in [3.63, 3.8) is 0 Å².